The number of nitrogens with one attached hydrogen (secondary N) is 1. The van der Waals surface area contributed by atoms with Gasteiger partial charge in [-0.2, -0.15) is 0 Å². The molecule has 2 rings (SSSR count). The van der Waals surface area contributed by atoms with Crippen molar-refractivity contribution in [3.05, 3.63) is 40.4 Å². The van der Waals surface area contributed by atoms with E-state index in [0.717, 1.165) is 18.4 Å². The first kappa shape index (κ1) is 15.6. The second kappa shape index (κ2) is 6.76. The average Bonchev–Trinajstić information content (AvgIpc) is 3.20. The number of benzene rings is 1. The van der Waals surface area contributed by atoms with Crippen LogP contribution in [0.15, 0.2) is 24.3 Å². The summed E-state index contributed by atoms with van der Waals surface area (Å²) in [5.74, 6) is -0.437. The summed E-state index contributed by atoms with van der Waals surface area (Å²) in [6.07, 6.45) is 5.95. The zero-order valence-electron chi connectivity index (χ0n) is 11.8. The predicted octanol–water partition coefficient (Wildman–Crippen LogP) is 3.36. The zero-order valence-corrected chi connectivity index (χ0v) is 12.6. The van der Waals surface area contributed by atoms with Gasteiger partial charge >= 0.3 is 5.97 Å². The molecule has 2 N–H and O–H groups in total. The molecule has 1 atom stereocenters. The number of rotatable bonds is 6. The number of hydrogen-bond acceptors (Lipinski definition) is 2. The van der Waals surface area contributed by atoms with Crippen molar-refractivity contribution >= 4 is 29.6 Å². The van der Waals surface area contributed by atoms with Crippen LogP contribution in [-0.4, -0.2) is 23.0 Å². The van der Waals surface area contributed by atoms with E-state index < -0.39 is 5.97 Å². The summed E-state index contributed by atoms with van der Waals surface area (Å²) in [6, 6.07) is 4.99. The Hall–Kier alpha value is -1.81. The van der Waals surface area contributed by atoms with Gasteiger partial charge in [-0.05, 0) is 43.0 Å². The quantitative estimate of drug-likeness (QED) is 0.792. The lowest BCUT2D eigenvalue weighted by Crippen LogP contribution is -2.32. The van der Waals surface area contributed by atoms with Gasteiger partial charge in [0.25, 0.3) is 5.91 Å². The minimum Gasteiger partial charge on any atom is -0.478 e. The summed E-state index contributed by atoms with van der Waals surface area (Å²) in [5.41, 5.74) is 1.05. The largest absolute Gasteiger partial charge is 0.478 e. The highest BCUT2D eigenvalue weighted by Crippen LogP contribution is 2.33. The lowest BCUT2D eigenvalue weighted by Gasteiger charge is -2.13. The number of hydrogen-bond donors (Lipinski definition) is 2. The SMILES string of the molecule is CC(CC1CC1)NC(=O)c1ccc(/C=C/C(=O)O)c(Cl)c1. The van der Waals surface area contributed by atoms with Crippen LogP contribution >= 0.6 is 11.6 Å². The lowest BCUT2D eigenvalue weighted by molar-refractivity contribution is -0.131. The van der Waals surface area contributed by atoms with Crippen molar-refractivity contribution in [3.63, 3.8) is 0 Å². The topological polar surface area (TPSA) is 66.4 Å². The maximum atomic E-state index is 12.1. The standard InChI is InChI=1S/C16H18ClNO3/c1-10(8-11-2-3-11)18-16(21)13-5-4-12(14(17)9-13)6-7-15(19)20/h4-7,9-11H,2-3,8H2,1H3,(H,18,21)(H,19,20)/b7-6+. The van der Waals surface area contributed by atoms with E-state index in [4.69, 9.17) is 16.7 Å². The minimum atomic E-state index is -1.04. The fourth-order valence-electron chi connectivity index (χ4n) is 2.18. The van der Waals surface area contributed by atoms with Crippen molar-refractivity contribution in [2.75, 3.05) is 0 Å². The normalized spacial score (nSPS) is 15.9. The summed E-state index contributed by atoms with van der Waals surface area (Å²) >= 11 is 6.06. The van der Waals surface area contributed by atoms with Gasteiger partial charge in [0.15, 0.2) is 0 Å². The Labute approximate surface area is 128 Å². The van der Waals surface area contributed by atoms with Gasteiger partial charge in [0.05, 0.1) is 0 Å². The Morgan fingerprint density at radius 2 is 2.19 bits per heavy atom. The van der Waals surface area contributed by atoms with Crippen LogP contribution in [0.2, 0.25) is 5.02 Å². The highest BCUT2D eigenvalue weighted by atomic mass is 35.5. The van der Waals surface area contributed by atoms with Crippen LogP contribution in [0.5, 0.6) is 0 Å². The van der Waals surface area contributed by atoms with Crippen molar-refractivity contribution in [1.82, 2.24) is 5.32 Å². The molecule has 0 spiro atoms. The van der Waals surface area contributed by atoms with E-state index in [1.807, 2.05) is 6.92 Å². The van der Waals surface area contributed by atoms with E-state index in [-0.39, 0.29) is 11.9 Å². The van der Waals surface area contributed by atoms with E-state index in [1.54, 1.807) is 18.2 Å². The molecule has 112 valence electrons. The number of carbonyl (C=O) groups is 2. The van der Waals surface area contributed by atoms with Crippen molar-refractivity contribution in [2.45, 2.75) is 32.2 Å². The van der Waals surface area contributed by atoms with Crippen LogP contribution in [0.1, 0.15) is 42.1 Å². The minimum absolute atomic E-state index is 0.148. The Morgan fingerprint density at radius 3 is 2.76 bits per heavy atom. The second-order valence-electron chi connectivity index (χ2n) is 5.46. The molecule has 0 heterocycles. The first-order valence-electron chi connectivity index (χ1n) is 6.97. The third-order valence-electron chi connectivity index (χ3n) is 3.43. The molecule has 0 radical (unpaired) electrons. The first-order valence-corrected chi connectivity index (χ1v) is 7.35. The molecular weight excluding hydrogens is 290 g/mol. The number of aliphatic carboxylic acids is 1. The van der Waals surface area contributed by atoms with Gasteiger partial charge in [-0.15, -0.1) is 0 Å². The van der Waals surface area contributed by atoms with Crippen molar-refractivity contribution in [3.8, 4) is 0 Å². The molecule has 1 unspecified atom stereocenters. The molecule has 1 aliphatic carbocycles. The molecular formula is C16H18ClNO3. The van der Waals surface area contributed by atoms with Gasteiger partial charge in [-0.25, -0.2) is 4.79 Å². The predicted molar refractivity (Wildman–Crippen MR) is 82.4 cm³/mol. The molecule has 5 heteroatoms. The first-order chi connectivity index (χ1) is 9.95. The van der Waals surface area contributed by atoms with Crippen LogP contribution in [-0.2, 0) is 4.79 Å². The van der Waals surface area contributed by atoms with Crippen molar-refractivity contribution in [1.29, 1.82) is 0 Å². The summed E-state index contributed by atoms with van der Waals surface area (Å²) in [7, 11) is 0. The molecule has 21 heavy (non-hydrogen) atoms. The highest BCUT2D eigenvalue weighted by molar-refractivity contribution is 6.32. The summed E-state index contributed by atoms with van der Waals surface area (Å²) in [4.78, 5) is 22.6. The smallest absolute Gasteiger partial charge is 0.328 e. The van der Waals surface area contributed by atoms with Crippen LogP contribution in [0.4, 0.5) is 0 Å². The summed E-state index contributed by atoms with van der Waals surface area (Å²) in [5, 5.41) is 11.9. The number of halogens is 1. The Morgan fingerprint density at radius 1 is 1.48 bits per heavy atom. The third-order valence-corrected chi connectivity index (χ3v) is 3.76. The molecule has 1 saturated carbocycles. The molecule has 1 aliphatic rings. The van der Waals surface area contributed by atoms with E-state index >= 15 is 0 Å². The fourth-order valence-corrected chi connectivity index (χ4v) is 2.43. The molecule has 0 aromatic heterocycles. The lowest BCUT2D eigenvalue weighted by atomic mass is 10.1. The average molecular weight is 308 g/mol. The molecule has 1 aromatic rings. The Kier molecular flexibility index (Phi) is 5.02. The number of carboxylic acid groups (broad SMARTS) is 1. The van der Waals surface area contributed by atoms with E-state index in [2.05, 4.69) is 5.32 Å². The number of carboxylic acids is 1. The number of amides is 1. The van der Waals surface area contributed by atoms with Crippen LogP contribution < -0.4 is 5.32 Å². The van der Waals surface area contributed by atoms with Crippen LogP contribution in [0, 0.1) is 5.92 Å². The Balaban J connectivity index is 2.00. The molecule has 0 bridgehead atoms. The van der Waals surface area contributed by atoms with Crippen LogP contribution in [0.3, 0.4) is 0 Å². The zero-order chi connectivity index (χ0) is 15.4. The van der Waals surface area contributed by atoms with Gasteiger partial charge in [0.1, 0.15) is 0 Å². The monoisotopic (exact) mass is 307 g/mol. The molecule has 1 amide bonds. The van der Waals surface area contributed by atoms with Gasteiger partial charge < -0.3 is 10.4 Å². The Bertz CT molecular complexity index is 579. The van der Waals surface area contributed by atoms with Gasteiger partial charge in [-0.1, -0.05) is 30.5 Å². The van der Waals surface area contributed by atoms with Crippen molar-refractivity contribution in [2.24, 2.45) is 5.92 Å². The summed E-state index contributed by atoms with van der Waals surface area (Å²) in [6.45, 7) is 2.00. The van der Waals surface area contributed by atoms with E-state index in [0.29, 0.717) is 16.1 Å². The molecule has 0 saturated heterocycles. The van der Waals surface area contributed by atoms with Gasteiger partial charge in [-0.3, -0.25) is 4.79 Å². The third kappa shape index (κ3) is 4.90. The maximum Gasteiger partial charge on any atom is 0.328 e. The van der Waals surface area contributed by atoms with E-state index in [1.165, 1.54) is 18.9 Å². The van der Waals surface area contributed by atoms with Gasteiger partial charge in [0.2, 0.25) is 0 Å². The summed E-state index contributed by atoms with van der Waals surface area (Å²) < 4.78 is 0. The second-order valence-corrected chi connectivity index (χ2v) is 5.87. The molecule has 0 aliphatic heterocycles. The van der Waals surface area contributed by atoms with E-state index in [9.17, 15) is 9.59 Å². The highest BCUT2D eigenvalue weighted by Gasteiger charge is 2.24. The van der Waals surface area contributed by atoms with Crippen LogP contribution in [0.25, 0.3) is 6.08 Å². The molecule has 1 fully saturated rings. The van der Waals surface area contributed by atoms with Gasteiger partial charge in [0, 0.05) is 22.7 Å². The molecule has 1 aromatic carbocycles. The number of carbonyl (C=O) groups excluding carboxylic acids is 1. The van der Waals surface area contributed by atoms with Crippen molar-refractivity contribution < 1.29 is 14.7 Å². The molecule has 4 nitrogen and oxygen atoms in total. The maximum absolute atomic E-state index is 12.1. The fraction of sp³-hybridized carbons (Fsp3) is 0.375.